The molecule has 0 atom stereocenters. The summed E-state index contributed by atoms with van der Waals surface area (Å²) >= 11 is 5.89. The molecule has 1 aromatic carbocycles. The smallest absolute Gasteiger partial charge is 0.224 e. The first kappa shape index (κ1) is 11.9. The molecule has 0 fully saturated rings. The number of hydrogen-bond acceptors (Lipinski definition) is 2. The minimum atomic E-state index is -0.0995. The minimum Gasteiger partial charge on any atom is -0.508 e. The molecule has 2 N–H and O–H groups in total. The number of halogens is 1. The predicted molar refractivity (Wildman–Crippen MR) is 60.1 cm³/mol. The van der Waals surface area contributed by atoms with Gasteiger partial charge in [-0.3, -0.25) is 4.79 Å². The Bertz CT molecular complexity index is 364. The Morgan fingerprint density at radius 3 is 2.80 bits per heavy atom. The van der Waals surface area contributed by atoms with Crippen molar-refractivity contribution in [1.29, 1.82) is 0 Å². The van der Waals surface area contributed by atoms with E-state index in [0.717, 1.165) is 0 Å². The van der Waals surface area contributed by atoms with Gasteiger partial charge in [0, 0.05) is 11.1 Å². The fraction of sp³-hybridized carbons (Fsp3) is 0.364. The van der Waals surface area contributed by atoms with Gasteiger partial charge >= 0.3 is 0 Å². The monoisotopic (exact) mass is 227 g/mol. The van der Waals surface area contributed by atoms with E-state index < -0.39 is 0 Å². The molecule has 0 spiro atoms. The number of carbonyl (C=O) groups is 1. The summed E-state index contributed by atoms with van der Waals surface area (Å²) in [5.74, 6) is 0.0178. The van der Waals surface area contributed by atoms with Gasteiger partial charge in [-0.15, -0.1) is 0 Å². The second-order valence-corrected chi connectivity index (χ2v) is 4.08. The van der Waals surface area contributed by atoms with Gasteiger partial charge < -0.3 is 10.4 Å². The van der Waals surface area contributed by atoms with Crippen molar-refractivity contribution in [2.45, 2.75) is 26.3 Å². The largest absolute Gasteiger partial charge is 0.508 e. The quantitative estimate of drug-likeness (QED) is 0.831. The van der Waals surface area contributed by atoms with Crippen LogP contribution in [0.15, 0.2) is 18.2 Å². The lowest BCUT2D eigenvalue weighted by atomic mass is 10.1. The fourth-order valence-corrected chi connectivity index (χ4v) is 1.43. The number of nitrogens with one attached hydrogen (secondary N) is 1. The Morgan fingerprint density at radius 1 is 1.53 bits per heavy atom. The first-order valence-corrected chi connectivity index (χ1v) is 5.13. The molecule has 0 heterocycles. The Kier molecular flexibility index (Phi) is 3.97. The van der Waals surface area contributed by atoms with Crippen molar-refractivity contribution in [3.8, 4) is 5.75 Å². The molecular formula is C11H14ClNO2. The van der Waals surface area contributed by atoms with E-state index in [1.54, 1.807) is 6.07 Å². The maximum Gasteiger partial charge on any atom is 0.224 e. The van der Waals surface area contributed by atoms with Gasteiger partial charge in [0.2, 0.25) is 5.91 Å². The van der Waals surface area contributed by atoms with E-state index in [1.807, 2.05) is 13.8 Å². The number of aromatic hydroxyl groups is 1. The molecule has 0 radical (unpaired) electrons. The first-order chi connectivity index (χ1) is 6.99. The lowest BCUT2D eigenvalue weighted by Gasteiger charge is -2.09. The fourth-order valence-electron chi connectivity index (χ4n) is 1.24. The third-order valence-electron chi connectivity index (χ3n) is 1.83. The summed E-state index contributed by atoms with van der Waals surface area (Å²) in [5, 5.41) is 12.5. The summed E-state index contributed by atoms with van der Waals surface area (Å²) in [6.45, 7) is 3.78. The number of carbonyl (C=O) groups excluding carboxylic acids is 1. The van der Waals surface area contributed by atoms with E-state index in [4.69, 9.17) is 11.6 Å². The van der Waals surface area contributed by atoms with Gasteiger partial charge in [-0.05, 0) is 37.6 Å². The normalized spacial score (nSPS) is 10.4. The van der Waals surface area contributed by atoms with E-state index in [1.165, 1.54) is 12.1 Å². The van der Waals surface area contributed by atoms with Gasteiger partial charge in [-0.25, -0.2) is 0 Å². The Labute approximate surface area is 94.1 Å². The summed E-state index contributed by atoms with van der Waals surface area (Å²) < 4.78 is 0. The molecule has 0 saturated carbocycles. The molecule has 82 valence electrons. The molecule has 0 unspecified atom stereocenters. The van der Waals surface area contributed by atoms with Crippen LogP contribution in [0.5, 0.6) is 5.75 Å². The summed E-state index contributed by atoms with van der Waals surface area (Å²) in [6, 6.07) is 4.68. The molecule has 0 saturated heterocycles. The van der Waals surface area contributed by atoms with Crippen LogP contribution < -0.4 is 5.32 Å². The van der Waals surface area contributed by atoms with Crippen LogP contribution in [0, 0.1) is 0 Å². The highest BCUT2D eigenvalue weighted by Gasteiger charge is 2.08. The molecule has 0 bridgehead atoms. The van der Waals surface area contributed by atoms with Crippen LogP contribution >= 0.6 is 11.6 Å². The van der Waals surface area contributed by atoms with Gasteiger partial charge in [0.25, 0.3) is 0 Å². The molecule has 0 aliphatic rings. The second-order valence-electron chi connectivity index (χ2n) is 3.67. The molecule has 4 heteroatoms. The number of phenols is 1. The zero-order valence-corrected chi connectivity index (χ0v) is 9.51. The zero-order valence-electron chi connectivity index (χ0n) is 8.75. The van der Waals surface area contributed by atoms with E-state index in [2.05, 4.69) is 5.32 Å². The molecule has 0 aliphatic heterocycles. The highest BCUT2D eigenvalue weighted by molar-refractivity contribution is 6.31. The van der Waals surface area contributed by atoms with Crippen molar-refractivity contribution in [2.75, 3.05) is 0 Å². The number of phenolic OH excluding ortho intramolecular Hbond substituents is 1. The average Bonchev–Trinajstić information content (AvgIpc) is 2.10. The maximum atomic E-state index is 11.4. The molecule has 3 nitrogen and oxygen atoms in total. The van der Waals surface area contributed by atoms with Gasteiger partial charge in [0.15, 0.2) is 0 Å². The number of hydrogen-bond donors (Lipinski definition) is 2. The van der Waals surface area contributed by atoms with Crippen molar-refractivity contribution < 1.29 is 9.90 Å². The molecule has 1 aromatic rings. The molecule has 1 rings (SSSR count). The van der Waals surface area contributed by atoms with Crippen molar-refractivity contribution in [1.82, 2.24) is 5.32 Å². The molecule has 1 amide bonds. The summed E-state index contributed by atoms with van der Waals surface area (Å²) in [5.41, 5.74) is 0.634. The third-order valence-corrected chi connectivity index (χ3v) is 2.20. The van der Waals surface area contributed by atoms with Crippen molar-refractivity contribution in [2.24, 2.45) is 0 Å². The van der Waals surface area contributed by atoms with Crippen molar-refractivity contribution in [3.63, 3.8) is 0 Å². The van der Waals surface area contributed by atoms with Crippen LogP contribution in [0.3, 0.4) is 0 Å². The van der Waals surface area contributed by atoms with Crippen LogP contribution in [0.4, 0.5) is 0 Å². The molecule has 0 aromatic heterocycles. The lowest BCUT2D eigenvalue weighted by molar-refractivity contribution is -0.120. The highest BCUT2D eigenvalue weighted by atomic mass is 35.5. The summed E-state index contributed by atoms with van der Waals surface area (Å²) in [4.78, 5) is 11.4. The molecule has 0 aliphatic carbocycles. The van der Waals surface area contributed by atoms with Gasteiger partial charge in [0.05, 0.1) is 6.42 Å². The average molecular weight is 228 g/mol. The van der Waals surface area contributed by atoms with Crippen LogP contribution in [0.25, 0.3) is 0 Å². The summed E-state index contributed by atoms with van der Waals surface area (Å²) in [7, 11) is 0. The number of amides is 1. The van der Waals surface area contributed by atoms with Crippen molar-refractivity contribution in [3.05, 3.63) is 28.8 Å². The van der Waals surface area contributed by atoms with Crippen LogP contribution in [0.1, 0.15) is 19.4 Å². The summed E-state index contributed by atoms with van der Waals surface area (Å²) in [6.07, 6.45) is 0.186. The molecular weight excluding hydrogens is 214 g/mol. The first-order valence-electron chi connectivity index (χ1n) is 4.76. The van der Waals surface area contributed by atoms with Gasteiger partial charge in [0.1, 0.15) is 5.75 Å². The minimum absolute atomic E-state index is 0.0995. The number of benzene rings is 1. The van der Waals surface area contributed by atoms with Gasteiger partial charge in [-0.1, -0.05) is 11.6 Å². The maximum absolute atomic E-state index is 11.4. The van der Waals surface area contributed by atoms with E-state index >= 15 is 0 Å². The third kappa shape index (κ3) is 3.80. The SMILES string of the molecule is CC(C)NC(=O)Cc1cc(O)ccc1Cl. The highest BCUT2D eigenvalue weighted by Crippen LogP contribution is 2.21. The predicted octanol–water partition coefficient (Wildman–Crippen LogP) is 2.11. The number of rotatable bonds is 3. The van der Waals surface area contributed by atoms with Crippen molar-refractivity contribution >= 4 is 17.5 Å². The standard InChI is InChI=1S/C11H14ClNO2/c1-7(2)13-11(15)6-8-5-9(14)3-4-10(8)12/h3-5,7,14H,6H2,1-2H3,(H,13,15). The van der Waals surface area contributed by atoms with Gasteiger partial charge in [-0.2, -0.15) is 0 Å². The zero-order chi connectivity index (χ0) is 11.4. The van der Waals surface area contributed by atoms with Crippen LogP contribution in [0.2, 0.25) is 5.02 Å². The van der Waals surface area contributed by atoms with E-state index in [-0.39, 0.29) is 24.1 Å². The van der Waals surface area contributed by atoms with Crippen LogP contribution in [-0.4, -0.2) is 17.1 Å². The topological polar surface area (TPSA) is 49.3 Å². The molecule has 15 heavy (non-hydrogen) atoms. The lowest BCUT2D eigenvalue weighted by Crippen LogP contribution is -2.31. The van der Waals surface area contributed by atoms with E-state index in [9.17, 15) is 9.90 Å². The Balaban J connectivity index is 2.71. The second kappa shape index (κ2) is 5.03. The van der Waals surface area contributed by atoms with Crippen LogP contribution in [-0.2, 0) is 11.2 Å². The Hall–Kier alpha value is -1.22. The van der Waals surface area contributed by atoms with E-state index in [0.29, 0.717) is 10.6 Å². The Morgan fingerprint density at radius 2 is 2.20 bits per heavy atom.